The number of benzene rings is 1. The van der Waals surface area contributed by atoms with Crippen LogP contribution in [0.15, 0.2) is 30.3 Å². The van der Waals surface area contributed by atoms with E-state index >= 15 is 0 Å². The first kappa shape index (κ1) is 20.7. The first-order valence-electron chi connectivity index (χ1n) is 10.8. The molecule has 1 unspecified atom stereocenters. The molecule has 0 heterocycles. The summed E-state index contributed by atoms with van der Waals surface area (Å²) in [5.41, 5.74) is 0.889. The minimum atomic E-state index is -0.933. The van der Waals surface area contributed by atoms with Gasteiger partial charge in [-0.2, -0.15) is 0 Å². The number of ether oxygens (including phenoxy) is 1. The highest BCUT2D eigenvalue weighted by Gasteiger charge is 2.41. The molecule has 0 radical (unpaired) electrons. The maximum atomic E-state index is 12.4. The molecule has 5 heteroatoms. The maximum Gasteiger partial charge on any atom is 0.408 e. The lowest BCUT2D eigenvalue weighted by Gasteiger charge is -2.40. The summed E-state index contributed by atoms with van der Waals surface area (Å²) in [4.78, 5) is 24.6. The Bertz CT molecular complexity index is 603. The number of aliphatic carboxylic acids is 1. The summed E-state index contributed by atoms with van der Waals surface area (Å²) in [6, 6.07) is 8.58. The van der Waals surface area contributed by atoms with E-state index in [9.17, 15) is 14.7 Å². The van der Waals surface area contributed by atoms with Crippen molar-refractivity contribution < 1.29 is 19.4 Å². The number of carbonyl (C=O) groups excluding carboxylic acids is 1. The van der Waals surface area contributed by atoms with Gasteiger partial charge in [0.25, 0.3) is 0 Å². The number of carboxylic acids is 1. The standard InChI is InChI=1S/C23H33NO4/c25-22(26)21(24-23(27)28-16-17-10-4-1-5-11-17)20(18-12-6-2-7-13-18)19-14-8-3-9-15-19/h1,4-5,10-11,18-21H,2-3,6-9,12-16H2,(H,24,27)(H,25,26). The van der Waals surface area contributed by atoms with Gasteiger partial charge in [0.05, 0.1) is 0 Å². The Balaban J connectivity index is 1.68. The van der Waals surface area contributed by atoms with Crippen LogP contribution in [0, 0.1) is 17.8 Å². The van der Waals surface area contributed by atoms with Gasteiger partial charge in [0.15, 0.2) is 0 Å². The maximum absolute atomic E-state index is 12.4. The highest BCUT2D eigenvalue weighted by molar-refractivity contribution is 5.80. The van der Waals surface area contributed by atoms with E-state index < -0.39 is 18.1 Å². The second kappa shape index (κ2) is 10.5. The van der Waals surface area contributed by atoms with Gasteiger partial charge in [0, 0.05) is 0 Å². The largest absolute Gasteiger partial charge is 0.480 e. The minimum absolute atomic E-state index is 0.00220. The van der Waals surface area contributed by atoms with Crippen molar-refractivity contribution in [2.75, 3.05) is 0 Å². The van der Waals surface area contributed by atoms with E-state index in [-0.39, 0.29) is 12.5 Å². The summed E-state index contributed by atoms with van der Waals surface area (Å²) in [5, 5.41) is 12.7. The lowest BCUT2D eigenvalue weighted by Crippen LogP contribution is -2.51. The average molecular weight is 388 g/mol. The number of hydrogen-bond donors (Lipinski definition) is 2. The van der Waals surface area contributed by atoms with Crippen LogP contribution in [-0.2, 0) is 16.1 Å². The summed E-state index contributed by atoms with van der Waals surface area (Å²) in [7, 11) is 0. The Morgan fingerprint density at radius 2 is 1.46 bits per heavy atom. The fraction of sp³-hybridized carbons (Fsp3) is 0.652. The van der Waals surface area contributed by atoms with Crippen LogP contribution in [0.1, 0.15) is 69.8 Å². The van der Waals surface area contributed by atoms with Crippen LogP contribution in [0.5, 0.6) is 0 Å². The van der Waals surface area contributed by atoms with Crippen molar-refractivity contribution in [3.63, 3.8) is 0 Å². The molecule has 5 nitrogen and oxygen atoms in total. The highest BCUT2D eigenvalue weighted by atomic mass is 16.5. The van der Waals surface area contributed by atoms with Gasteiger partial charge in [-0.1, -0.05) is 94.5 Å². The van der Waals surface area contributed by atoms with Crippen LogP contribution in [0.2, 0.25) is 0 Å². The second-order valence-corrected chi connectivity index (χ2v) is 8.40. The van der Waals surface area contributed by atoms with E-state index in [1.807, 2.05) is 30.3 Å². The minimum Gasteiger partial charge on any atom is -0.480 e. The van der Waals surface area contributed by atoms with E-state index in [1.165, 1.54) is 38.5 Å². The van der Waals surface area contributed by atoms with Crippen molar-refractivity contribution >= 4 is 12.1 Å². The molecule has 0 saturated heterocycles. The van der Waals surface area contributed by atoms with Gasteiger partial charge in [0.2, 0.25) is 0 Å². The van der Waals surface area contributed by atoms with Crippen molar-refractivity contribution in [3.8, 4) is 0 Å². The zero-order chi connectivity index (χ0) is 19.8. The molecular formula is C23H33NO4. The topological polar surface area (TPSA) is 75.6 Å². The molecule has 1 amide bonds. The Labute approximate surface area is 167 Å². The Morgan fingerprint density at radius 1 is 0.929 bits per heavy atom. The molecule has 28 heavy (non-hydrogen) atoms. The third kappa shape index (κ3) is 5.73. The lowest BCUT2D eigenvalue weighted by molar-refractivity contribution is -0.142. The monoisotopic (exact) mass is 387 g/mol. The number of carboxylic acid groups (broad SMARTS) is 1. The summed E-state index contributed by atoms with van der Waals surface area (Å²) in [6.07, 6.45) is 10.8. The normalized spacial score (nSPS) is 19.9. The smallest absolute Gasteiger partial charge is 0.408 e. The predicted octanol–water partition coefficient (Wildman–Crippen LogP) is 5.14. The quantitative estimate of drug-likeness (QED) is 0.679. The van der Waals surface area contributed by atoms with Crippen molar-refractivity contribution in [1.82, 2.24) is 5.32 Å². The van der Waals surface area contributed by atoms with Gasteiger partial charge in [-0.25, -0.2) is 9.59 Å². The molecule has 0 aromatic heterocycles. The van der Waals surface area contributed by atoms with Gasteiger partial charge in [0.1, 0.15) is 12.6 Å². The molecule has 2 fully saturated rings. The predicted molar refractivity (Wildman–Crippen MR) is 108 cm³/mol. The van der Waals surface area contributed by atoms with Crippen molar-refractivity contribution in [2.24, 2.45) is 17.8 Å². The van der Waals surface area contributed by atoms with Crippen LogP contribution in [0.4, 0.5) is 4.79 Å². The number of alkyl carbamates (subject to hydrolysis) is 1. The van der Waals surface area contributed by atoms with E-state index in [0.717, 1.165) is 31.2 Å². The zero-order valence-corrected chi connectivity index (χ0v) is 16.6. The van der Waals surface area contributed by atoms with Crippen LogP contribution < -0.4 is 5.32 Å². The van der Waals surface area contributed by atoms with Gasteiger partial charge < -0.3 is 15.2 Å². The molecular weight excluding hydrogens is 354 g/mol. The third-order valence-corrected chi connectivity index (χ3v) is 6.53. The first-order valence-corrected chi connectivity index (χ1v) is 10.8. The molecule has 3 rings (SSSR count). The van der Waals surface area contributed by atoms with Crippen LogP contribution >= 0.6 is 0 Å². The van der Waals surface area contributed by atoms with E-state index in [4.69, 9.17) is 4.74 Å². The van der Waals surface area contributed by atoms with Gasteiger partial charge in [-0.3, -0.25) is 0 Å². The van der Waals surface area contributed by atoms with Gasteiger partial charge in [-0.15, -0.1) is 0 Å². The van der Waals surface area contributed by atoms with Crippen LogP contribution in [0.25, 0.3) is 0 Å². The van der Waals surface area contributed by atoms with Crippen molar-refractivity contribution in [2.45, 2.75) is 76.9 Å². The fourth-order valence-electron chi connectivity index (χ4n) is 5.18. The fourth-order valence-corrected chi connectivity index (χ4v) is 5.18. The highest BCUT2D eigenvalue weighted by Crippen LogP contribution is 2.41. The Morgan fingerprint density at radius 3 is 1.96 bits per heavy atom. The summed E-state index contributed by atoms with van der Waals surface area (Å²) in [6.45, 7) is 0.149. The Kier molecular flexibility index (Phi) is 7.75. The molecule has 0 aliphatic heterocycles. The van der Waals surface area contributed by atoms with Gasteiger partial charge >= 0.3 is 12.1 Å². The molecule has 2 aliphatic rings. The SMILES string of the molecule is O=C(NC(C(=O)O)C(C1CCCCC1)C1CCCCC1)OCc1ccccc1. The molecule has 154 valence electrons. The van der Waals surface area contributed by atoms with Crippen LogP contribution in [-0.4, -0.2) is 23.2 Å². The zero-order valence-electron chi connectivity index (χ0n) is 16.6. The number of amides is 1. The molecule has 0 bridgehead atoms. The number of rotatable bonds is 7. The molecule has 1 aromatic rings. The van der Waals surface area contributed by atoms with Crippen LogP contribution in [0.3, 0.4) is 0 Å². The molecule has 2 saturated carbocycles. The van der Waals surface area contributed by atoms with Gasteiger partial charge in [-0.05, 0) is 23.3 Å². The van der Waals surface area contributed by atoms with Crippen molar-refractivity contribution in [3.05, 3.63) is 35.9 Å². The number of carbonyl (C=O) groups is 2. The van der Waals surface area contributed by atoms with E-state index in [2.05, 4.69) is 5.32 Å². The second-order valence-electron chi connectivity index (χ2n) is 8.40. The summed E-state index contributed by atoms with van der Waals surface area (Å²) < 4.78 is 5.32. The van der Waals surface area contributed by atoms with Crippen molar-refractivity contribution in [1.29, 1.82) is 0 Å². The Hall–Kier alpha value is -2.04. The molecule has 0 spiro atoms. The average Bonchev–Trinajstić information content (AvgIpc) is 2.74. The number of hydrogen-bond acceptors (Lipinski definition) is 3. The molecule has 1 atom stereocenters. The molecule has 2 aliphatic carbocycles. The van der Waals surface area contributed by atoms with E-state index in [0.29, 0.717) is 11.8 Å². The number of nitrogens with one attached hydrogen (secondary N) is 1. The molecule has 2 N–H and O–H groups in total. The summed E-state index contributed by atoms with van der Waals surface area (Å²) in [5.74, 6) is -0.167. The molecule has 1 aromatic carbocycles. The third-order valence-electron chi connectivity index (χ3n) is 6.53. The summed E-state index contributed by atoms with van der Waals surface area (Å²) >= 11 is 0. The van der Waals surface area contributed by atoms with E-state index in [1.54, 1.807) is 0 Å². The lowest BCUT2D eigenvalue weighted by atomic mass is 9.66. The first-order chi connectivity index (χ1) is 13.6.